The van der Waals surface area contributed by atoms with Gasteiger partial charge in [0.05, 0.1) is 6.04 Å². The van der Waals surface area contributed by atoms with Crippen molar-refractivity contribution >= 4 is 5.91 Å². The lowest BCUT2D eigenvalue weighted by Crippen LogP contribution is -2.43. The predicted octanol–water partition coefficient (Wildman–Crippen LogP) is 2.93. The van der Waals surface area contributed by atoms with Crippen LogP contribution in [-0.2, 0) is 17.8 Å². The Bertz CT molecular complexity index is 692. The molecule has 4 nitrogen and oxygen atoms in total. The van der Waals surface area contributed by atoms with Crippen molar-refractivity contribution in [2.45, 2.75) is 38.3 Å². The van der Waals surface area contributed by atoms with Crippen LogP contribution in [0.25, 0.3) is 0 Å². The van der Waals surface area contributed by atoms with Crippen molar-refractivity contribution in [1.82, 2.24) is 15.2 Å². The summed E-state index contributed by atoms with van der Waals surface area (Å²) in [5, 5.41) is 3.03. The molecule has 132 valence electrons. The minimum atomic E-state index is -0.204. The van der Waals surface area contributed by atoms with Crippen molar-refractivity contribution < 1.29 is 9.18 Å². The number of likely N-dealkylation sites (tertiary alicyclic amines) is 1. The second-order valence-electron chi connectivity index (χ2n) is 6.48. The smallest absolute Gasteiger partial charge is 0.237 e. The molecular weight excluding hydrogens is 317 g/mol. The Morgan fingerprint density at radius 1 is 1.28 bits per heavy atom. The fourth-order valence-electron chi connectivity index (χ4n) is 3.33. The molecule has 0 aliphatic carbocycles. The molecule has 1 unspecified atom stereocenters. The number of pyridine rings is 1. The van der Waals surface area contributed by atoms with Gasteiger partial charge in [0.25, 0.3) is 0 Å². The molecule has 1 N–H and O–H groups in total. The summed E-state index contributed by atoms with van der Waals surface area (Å²) in [5.74, 6) is -0.148. The van der Waals surface area contributed by atoms with E-state index in [1.54, 1.807) is 18.3 Å². The van der Waals surface area contributed by atoms with Crippen molar-refractivity contribution in [3.05, 3.63) is 65.7 Å². The first-order chi connectivity index (χ1) is 12.2. The summed E-state index contributed by atoms with van der Waals surface area (Å²) >= 11 is 0. The van der Waals surface area contributed by atoms with Crippen LogP contribution in [0.3, 0.4) is 0 Å². The maximum absolute atomic E-state index is 13.8. The molecule has 25 heavy (non-hydrogen) atoms. The molecule has 2 aromatic rings. The lowest BCUT2D eigenvalue weighted by atomic mass is 10.1. The molecule has 3 rings (SSSR count). The Labute approximate surface area is 148 Å². The van der Waals surface area contributed by atoms with Crippen LogP contribution in [-0.4, -0.2) is 34.9 Å². The normalized spacial score (nSPS) is 17.6. The molecule has 0 bridgehead atoms. The largest absolute Gasteiger partial charge is 0.355 e. The van der Waals surface area contributed by atoms with Crippen LogP contribution in [0.5, 0.6) is 0 Å². The van der Waals surface area contributed by atoms with Crippen molar-refractivity contribution in [2.24, 2.45) is 0 Å². The summed E-state index contributed by atoms with van der Waals surface area (Å²) < 4.78 is 13.8. The molecule has 0 radical (unpaired) electrons. The van der Waals surface area contributed by atoms with E-state index in [4.69, 9.17) is 0 Å². The van der Waals surface area contributed by atoms with Gasteiger partial charge in [0.15, 0.2) is 0 Å². The van der Waals surface area contributed by atoms with E-state index in [2.05, 4.69) is 15.2 Å². The molecule has 0 spiro atoms. The van der Waals surface area contributed by atoms with Gasteiger partial charge in [0.1, 0.15) is 5.82 Å². The number of hydrogen-bond acceptors (Lipinski definition) is 3. The third-order valence-electron chi connectivity index (χ3n) is 4.66. The highest BCUT2D eigenvalue weighted by atomic mass is 19.1. The van der Waals surface area contributed by atoms with Crippen molar-refractivity contribution in [1.29, 1.82) is 0 Å². The second-order valence-corrected chi connectivity index (χ2v) is 6.48. The third-order valence-corrected chi connectivity index (χ3v) is 4.66. The van der Waals surface area contributed by atoms with Crippen molar-refractivity contribution in [2.75, 3.05) is 13.1 Å². The van der Waals surface area contributed by atoms with Gasteiger partial charge >= 0.3 is 0 Å². The topological polar surface area (TPSA) is 45.2 Å². The number of amides is 1. The molecule has 1 aliphatic heterocycles. The molecule has 1 atom stereocenters. The summed E-state index contributed by atoms with van der Waals surface area (Å²) in [4.78, 5) is 18.7. The second kappa shape index (κ2) is 8.72. The third kappa shape index (κ3) is 4.86. The summed E-state index contributed by atoms with van der Waals surface area (Å²) in [6.07, 6.45) is 7.21. The Morgan fingerprint density at radius 3 is 2.96 bits per heavy atom. The number of benzene rings is 1. The van der Waals surface area contributed by atoms with E-state index in [9.17, 15) is 9.18 Å². The van der Waals surface area contributed by atoms with Crippen LogP contribution in [0, 0.1) is 5.82 Å². The van der Waals surface area contributed by atoms with Gasteiger partial charge in [-0.05, 0) is 49.9 Å². The molecule has 1 aliphatic rings. The van der Waals surface area contributed by atoms with E-state index >= 15 is 0 Å². The Balaban J connectivity index is 1.46. The SMILES string of the molecule is O=C(NCCCc1cccnc1)C1CCCN1Cc1ccccc1F. The van der Waals surface area contributed by atoms with E-state index in [0.29, 0.717) is 18.7 Å². The summed E-state index contributed by atoms with van der Waals surface area (Å²) in [6, 6.07) is 10.6. The average molecular weight is 341 g/mol. The van der Waals surface area contributed by atoms with Crippen LogP contribution in [0.2, 0.25) is 0 Å². The van der Waals surface area contributed by atoms with Gasteiger partial charge in [-0.2, -0.15) is 0 Å². The zero-order valence-electron chi connectivity index (χ0n) is 14.3. The number of hydrogen-bond donors (Lipinski definition) is 1. The number of halogens is 1. The predicted molar refractivity (Wildman–Crippen MR) is 95.4 cm³/mol. The van der Waals surface area contributed by atoms with Crippen LogP contribution < -0.4 is 5.32 Å². The zero-order chi connectivity index (χ0) is 17.5. The molecule has 5 heteroatoms. The van der Waals surface area contributed by atoms with Crippen LogP contribution >= 0.6 is 0 Å². The van der Waals surface area contributed by atoms with E-state index < -0.39 is 0 Å². The average Bonchev–Trinajstić information content (AvgIpc) is 3.10. The maximum atomic E-state index is 13.8. The summed E-state index contributed by atoms with van der Waals surface area (Å²) in [5.41, 5.74) is 1.83. The summed E-state index contributed by atoms with van der Waals surface area (Å²) in [6.45, 7) is 1.97. The highest BCUT2D eigenvalue weighted by Gasteiger charge is 2.30. The van der Waals surface area contributed by atoms with Gasteiger partial charge in [0.2, 0.25) is 5.91 Å². The molecule has 1 fully saturated rings. The number of aromatic nitrogens is 1. The zero-order valence-corrected chi connectivity index (χ0v) is 14.3. The molecule has 1 saturated heterocycles. The number of carbonyl (C=O) groups is 1. The van der Waals surface area contributed by atoms with E-state index in [-0.39, 0.29) is 17.8 Å². The molecule has 2 heterocycles. The Morgan fingerprint density at radius 2 is 2.16 bits per heavy atom. The number of nitrogens with zero attached hydrogens (tertiary/aromatic N) is 2. The van der Waals surface area contributed by atoms with Gasteiger partial charge in [-0.1, -0.05) is 24.3 Å². The molecule has 1 amide bonds. The lowest BCUT2D eigenvalue weighted by Gasteiger charge is -2.24. The monoisotopic (exact) mass is 341 g/mol. The van der Waals surface area contributed by atoms with Gasteiger partial charge in [-0.25, -0.2) is 4.39 Å². The first-order valence-corrected chi connectivity index (χ1v) is 8.88. The molecular formula is C20H24FN3O. The number of aryl methyl sites for hydroxylation is 1. The summed E-state index contributed by atoms with van der Waals surface area (Å²) in [7, 11) is 0. The van der Waals surface area contributed by atoms with Gasteiger partial charge < -0.3 is 5.32 Å². The lowest BCUT2D eigenvalue weighted by molar-refractivity contribution is -0.125. The minimum absolute atomic E-state index is 0.0556. The van der Waals surface area contributed by atoms with Crippen LogP contribution in [0.4, 0.5) is 4.39 Å². The first-order valence-electron chi connectivity index (χ1n) is 8.88. The maximum Gasteiger partial charge on any atom is 0.237 e. The van der Waals surface area contributed by atoms with E-state index in [0.717, 1.165) is 32.2 Å². The van der Waals surface area contributed by atoms with E-state index in [1.165, 1.54) is 11.6 Å². The van der Waals surface area contributed by atoms with Crippen LogP contribution in [0.15, 0.2) is 48.8 Å². The fourth-order valence-corrected chi connectivity index (χ4v) is 3.33. The quantitative estimate of drug-likeness (QED) is 0.788. The van der Waals surface area contributed by atoms with Crippen LogP contribution in [0.1, 0.15) is 30.4 Å². The molecule has 0 saturated carbocycles. The number of rotatable bonds is 7. The highest BCUT2D eigenvalue weighted by Crippen LogP contribution is 2.21. The molecule has 1 aromatic carbocycles. The highest BCUT2D eigenvalue weighted by molar-refractivity contribution is 5.82. The molecule has 1 aromatic heterocycles. The van der Waals surface area contributed by atoms with Gasteiger partial charge in [0, 0.05) is 31.0 Å². The minimum Gasteiger partial charge on any atom is -0.355 e. The van der Waals surface area contributed by atoms with Crippen molar-refractivity contribution in [3.63, 3.8) is 0 Å². The first kappa shape index (κ1) is 17.5. The Kier molecular flexibility index (Phi) is 6.12. The standard InChI is InChI=1S/C20H24FN3O/c21-18-9-2-1-8-17(18)15-24-13-5-10-19(24)20(25)23-12-4-7-16-6-3-11-22-14-16/h1-3,6,8-9,11,14,19H,4-5,7,10,12-13,15H2,(H,23,25). The van der Waals surface area contributed by atoms with Gasteiger partial charge in [-0.3, -0.25) is 14.7 Å². The van der Waals surface area contributed by atoms with Gasteiger partial charge in [-0.15, -0.1) is 0 Å². The Hall–Kier alpha value is -2.27. The fraction of sp³-hybridized carbons (Fsp3) is 0.400. The van der Waals surface area contributed by atoms with Crippen molar-refractivity contribution in [3.8, 4) is 0 Å². The number of nitrogens with one attached hydrogen (secondary N) is 1. The van der Waals surface area contributed by atoms with E-state index in [1.807, 2.05) is 24.4 Å². The number of carbonyl (C=O) groups excluding carboxylic acids is 1.